The second-order valence-electron chi connectivity index (χ2n) is 9.16. The maximum absolute atomic E-state index is 13.9. The van der Waals surface area contributed by atoms with E-state index in [0.29, 0.717) is 45.3 Å². The summed E-state index contributed by atoms with van der Waals surface area (Å²) in [5.41, 5.74) is 2.71. The Morgan fingerprint density at radius 2 is 1.63 bits per heavy atom. The Balaban J connectivity index is 1.56. The topological polar surface area (TPSA) is 96.7 Å². The molecular weight excluding hydrogens is 490 g/mol. The Morgan fingerprint density at radius 3 is 2.34 bits per heavy atom. The first-order valence-corrected chi connectivity index (χ1v) is 12.0. The SMILES string of the molecule is COc1cc([C@@H]2c3c(oc4ccc(C)cc4c3=O)C(=O)N2Cc2ccc3c(c2)OCO3)cc(OC)c1OC. The smallest absolute Gasteiger partial charge is 0.291 e. The van der Waals surface area contributed by atoms with E-state index < -0.39 is 11.9 Å². The molecule has 6 rings (SSSR count). The normalized spacial score (nSPS) is 15.6. The van der Waals surface area contributed by atoms with E-state index in [1.165, 1.54) is 21.3 Å². The van der Waals surface area contributed by atoms with Crippen LogP contribution in [0.1, 0.15) is 38.9 Å². The van der Waals surface area contributed by atoms with Crippen molar-refractivity contribution in [3.63, 3.8) is 0 Å². The monoisotopic (exact) mass is 515 g/mol. The molecule has 2 aliphatic rings. The Morgan fingerprint density at radius 1 is 0.895 bits per heavy atom. The van der Waals surface area contributed by atoms with Gasteiger partial charge in [-0.05, 0) is 54.4 Å². The molecule has 3 heterocycles. The molecule has 194 valence electrons. The lowest BCUT2D eigenvalue weighted by Gasteiger charge is -2.26. The number of hydrogen-bond donors (Lipinski definition) is 0. The summed E-state index contributed by atoms with van der Waals surface area (Å²) in [6.07, 6.45) is 0. The van der Waals surface area contributed by atoms with E-state index in [2.05, 4.69) is 0 Å². The van der Waals surface area contributed by atoms with Crippen LogP contribution >= 0.6 is 0 Å². The Kier molecular flexibility index (Phi) is 5.63. The zero-order valence-corrected chi connectivity index (χ0v) is 21.3. The number of carbonyl (C=O) groups excluding carboxylic acids is 1. The van der Waals surface area contributed by atoms with E-state index in [4.69, 9.17) is 28.1 Å². The van der Waals surface area contributed by atoms with Gasteiger partial charge < -0.3 is 33.0 Å². The zero-order valence-electron chi connectivity index (χ0n) is 21.3. The van der Waals surface area contributed by atoms with Gasteiger partial charge in [0.15, 0.2) is 28.4 Å². The molecule has 0 spiro atoms. The molecule has 0 bridgehead atoms. The minimum atomic E-state index is -0.766. The maximum atomic E-state index is 13.9. The molecule has 2 aliphatic heterocycles. The predicted octanol–water partition coefficient (Wildman–Crippen LogP) is 4.60. The quantitative estimate of drug-likeness (QED) is 0.368. The van der Waals surface area contributed by atoms with Crippen LogP contribution in [-0.2, 0) is 6.54 Å². The average molecular weight is 516 g/mol. The van der Waals surface area contributed by atoms with E-state index in [1.54, 1.807) is 35.2 Å². The highest BCUT2D eigenvalue weighted by atomic mass is 16.7. The Hall–Kier alpha value is -4.66. The zero-order chi connectivity index (χ0) is 26.6. The second kappa shape index (κ2) is 9.02. The number of carbonyl (C=O) groups is 1. The summed E-state index contributed by atoms with van der Waals surface area (Å²) >= 11 is 0. The first kappa shape index (κ1) is 23.7. The number of ether oxygens (including phenoxy) is 5. The third kappa shape index (κ3) is 3.61. The summed E-state index contributed by atoms with van der Waals surface area (Å²) in [7, 11) is 4.55. The molecule has 0 aliphatic carbocycles. The molecule has 1 aromatic heterocycles. The summed E-state index contributed by atoms with van der Waals surface area (Å²) < 4.78 is 33.7. The van der Waals surface area contributed by atoms with Crippen molar-refractivity contribution in [1.29, 1.82) is 0 Å². The van der Waals surface area contributed by atoms with Gasteiger partial charge in [-0.3, -0.25) is 9.59 Å². The van der Waals surface area contributed by atoms with Crippen LogP contribution in [0.15, 0.2) is 57.7 Å². The van der Waals surface area contributed by atoms with Gasteiger partial charge in [0.2, 0.25) is 18.3 Å². The van der Waals surface area contributed by atoms with Crippen molar-refractivity contribution in [1.82, 2.24) is 4.90 Å². The fourth-order valence-corrected chi connectivity index (χ4v) is 5.14. The van der Waals surface area contributed by atoms with Crippen molar-refractivity contribution < 1.29 is 32.9 Å². The fourth-order valence-electron chi connectivity index (χ4n) is 5.14. The largest absolute Gasteiger partial charge is 0.493 e. The number of fused-ring (bicyclic) bond motifs is 3. The van der Waals surface area contributed by atoms with Gasteiger partial charge in [0, 0.05) is 6.54 Å². The summed E-state index contributed by atoms with van der Waals surface area (Å²) in [6.45, 7) is 2.24. The molecule has 0 N–H and O–H groups in total. The lowest BCUT2D eigenvalue weighted by atomic mass is 9.97. The van der Waals surface area contributed by atoms with Gasteiger partial charge in [0.1, 0.15) is 5.58 Å². The molecule has 9 heteroatoms. The van der Waals surface area contributed by atoms with Gasteiger partial charge in [0.05, 0.1) is 38.3 Å². The van der Waals surface area contributed by atoms with Crippen molar-refractivity contribution in [3.05, 3.63) is 86.8 Å². The van der Waals surface area contributed by atoms with Crippen molar-refractivity contribution >= 4 is 16.9 Å². The summed E-state index contributed by atoms with van der Waals surface area (Å²) in [4.78, 5) is 29.4. The van der Waals surface area contributed by atoms with E-state index in [1.807, 2.05) is 25.1 Å². The molecule has 9 nitrogen and oxygen atoms in total. The molecular formula is C29H25NO8. The molecule has 0 fully saturated rings. The molecule has 0 saturated carbocycles. The molecule has 3 aromatic carbocycles. The van der Waals surface area contributed by atoms with Crippen LogP contribution < -0.4 is 29.1 Å². The summed E-state index contributed by atoms with van der Waals surface area (Å²) in [5.74, 6) is 2.10. The van der Waals surface area contributed by atoms with Crippen LogP contribution in [0.25, 0.3) is 11.0 Å². The average Bonchev–Trinajstić information content (AvgIpc) is 3.51. The number of aryl methyl sites for hydroxylation is 1. The number of hydrogen-bond acceptors (Lipinski definition) is 8. The highest BCUT2D eigenvalue weighted by Gasteiger charge is 2.43. The van der Waals surface area contributed by atoms with E-state index in [-0.39, 0.29) is 30.1 Å². The van der Waals surface area contributed by atoms with Crippen LogP contribution in [0, 0.1) is 6.92 Å². The van der Waals surface area contributed by atoms with Gasteiger partial charge in [-0.25, -0.2) is 0 Å². The van der Waals surface area contributed by atoms with Gasteiger partial charge in [0.25, 0.3) is 5.91 Å². The standard InChI is InChI=1S/C29H25NO8/c1-15-5-7-19-18(9-15)26(31)24-25(17-11-22(33-2)27(35-4)23(12-17)34-3)30(29(32)28(24)38-19)13-16-6-8-20-21(10-16)37-14-36-20/h5-12,25H,13-14H2,1-4H3/t25-/m1/s1. The summed E-state index contributed by atoms with van der Waals surface area (Å²) in [5, 5.41) is 0.416. The Bertz CT molecular complexity index is 1630. The second-order valence-corrected chi connectivity index (χ2v) is 9.16. The van der Waals surface area contributed by atoms with Gasteiger partial charge >= 0.3 is 0 Å². The molecule has 38 heavy (non-hydrogen) atoms. The van der Waals surface area contributed by atoms with Crippen LogP contribution in [0.3, 0.4) is 0 Å². The number of benzene rings is 3. The van der Waals surface area contributed by atoms with E-state index in [0.717, 1.165) is 11.1 Å². The van der Waals surface area contributed by atoms with Crippen molar-refractivity contribution in [3.8, 4) is 28.7 Å². The van der Waals surface area contributed by atoms with E-state index in [9.17, 15) is 9.59 Å². The molecule has 0 unspecified atom stereocenters. The third-order valence-electron chi connectivity index (χ3n) is 6.91. The third-order valence-corrected chi connectivity index (χ3v) is 6.91. The molecule has 4 aromatic rings. The minimum Gasteiger partial charge on any atom is -0.493 e. The lowest BCUT2D eigenvalue weighted by molar-refractivity contribution is 0.0713. The van der Waals surface area contributed by atoms with Crippen molar-refractivity contribution in [2.45, 2.75) is 19.5 Å². The number of nitrogens with zero attached hydrogens (tertiary/aromatic N) is 1. The number of amides is 1. The lowest BCUT2D eigenvalue weighted by Crippen LogP contribution is -2.29. The Labute approximate surface area is 218 Å². The van der Waals surface area contributed by atoms with Crippen LogP contribution in [0.2, 0.25) is 0 Å². The maximum Gasteiger partial charge on any atom is 0.291 e. The number of methoxy groups -OCH3 is 3. The summed E-state index contributed by atoms with van der Waals surface area (Å²) in [6, 6.07) is 13.6. The van der Waals surface area contributed by atoms with Crippen LogP contribution in [0.5, 0.6) is 28.7 Å². The molecule has 1 atom stereocenters. The van der Waals surface area contributed by atoms with Gasteiger partial charge in [-0.1, -0.05) is 17.7 Å². The predicted molar refractivity (Wildman–Crippen MR) is 138 cm³/mol. The molecule has 1 amide bonds. The van der Waals surface area contributed by atoms with Gasteiger partial charge in [-0.2, -0.15) is 0 Å². The van der Waals surface area contributed by atoms with Crippen LogP contribution in [-0.4, -0.2) is 38.9 Å². The molecule has 0 radical (unpaired) electrons. The molecule has 0 saturated heterocycles. The van der Waals surface area contributed by atoms with Gasteiger partial charge in [-0.15, -0.1) is 0 Å². The first-order chi connectivity index (χ1) is 18.4. The minimum absolute atomic E-state index is 0.0193. The number of rotatable bonds is 6. The highest BCUT2D eigenvalue weighted by molar-refractivity contribution is 5.99. The van der Waals surface area contributed by atoms with Crippen molar-refractivity contribution in [2.75, 3.05) is 28.1 Å². The van der Waals surface area contributed by atoms with Crippen molar-refractivity contribution in [2.24, 2.45) is 0 Å². The van der Waals surface area contributed by atoms with E-state index >= 15 is 0 Å². The highest BCUT2D eigenvalue weighted by Crippen LogP contribution is 2.46. The fraction of sp³-hybridized carbons (Fsp3) is 0.241. The van der Waals surface area contributed by atoms with Crippen LogP contribution in [0.4, 0.5) is 0 Å². The first-order valence-electron chi connectivity index (χ1n) is 12.0.